The number of carbonyl (C=O) groups excluding carboxylic acids is 3. The zero-order valence-electron chi connectivity index (χ0n) is 14.4. The van der Waals surface area contributed by atoms with Gasteiger partial charge in [-0.2, -0.15) is 0 Å². The molecule has 0 fully saturated rings. The van der Waals surface area contributed by atoms with Crippen molar-refractivity contribution in [1.82, 2.24) is 25.4 Å². The fraction of sp³-hybridized carbons (Fsp3) is 0.400. The van der Waals surface area contributed by atoms with Crippen LogP contribution in [0, 0.1) is 0 Å². The summed E-state index contributed by atoms with van der Waals surface area (Å²) in [7, 11) is 0. The van der Waals surface area contributed by atoms with Gasteiger partial charge in [0.15, 0.2) is 16.7 Å². The number of nitrogens with two attached hydrogens (primary N) is 1. The van der Waals surface area contributed by atoms with Gasteiger partial charge in [-0.05, 0) is 26.0 Å². The van der Waals surface area contributed by atoms with Crippen molar-refractivity contribution in [2.24, 2.45) is 5.73 Å². The Labute approximate surface area is 153 Å². The van der Waals surface area contributed by atoms with Crippen LogP contribution < -0.4 is 16.4 Å². The molecule has 2 aromatic heterocycles. The average molecular weight is 380 g/mol. The third kappa shape index (κ3) is 5.09. The molecule has 0 spiro atoms. The van der Waals surface area contributed by atoms with Crippen molar-refractivity contribution in [1.29, 1.82) is 0 Å². The van der Waals surface area contributed by atoms with Gasteiger partial charge in [0.05, 0.1) is 11.5 Å². The van der Waals surface area contributed by atoms with Gasteiger partial charge in [-0.3, -0.25) is 19.5 Å². The molecule has 26 heavy (non-hydrogen) atoms. The van der Waals surface area contributed by atoms with Gasteiger partial charge in [-0.1, -0.05) is 11.8 Å². The van der Waals surface area contributed by atoms with Crippen LogP contribution in [0.3, 0.4) is 0 Å². The highest BCUT2D eigenvalue weighted by molar-refractivity contribution is 8.00. The smallest absolute Gasteiger partial charge is 0.321 e. The lowest BCUT2D eigenvalue weighted by Gasteiger charge is -2.12. The molecular formula is C15H20N6O4S. The van der Waals surface area contributed by atoms with Crippen molar-refractivity contribution in [3.63, 3.8) is 0 Å². The lowest BCUT2D eigenvalue weighted by molar-refractivity contribution is -0.119. The van der Waals surface area contributed by atoms with Gasteiger partial charge in [0.1, 0.15) is 0 Å². The van der Waals surface area contributed by atoms with Gasteiger partial charge in [0.25, 0.3) is 0 Å². The molecule has 2 aromatic rings. The Kier molecular flexibility index (Phi) is 6.78. The number of hydrogen-bond acceptors (Lipinski definition) is 7. The number of carbonyl (C=O) groups is 3. The predicted molar refractivity (Wildman–Crippen MR) is 94.1 cm³/mol. The van der Waals surface area contributed by atoms with Crippen LogP contribution in [0.4, 0.5) is 4.79 Å². The summed E-state index contributed by atoms with van der Waals surface area (Å²) in [4.78, 5) is 34.7. The number of imide groups is 1. The van der Waals surface area contributed by atoms with E-state index < -0.39 is 23.1 Å². The van der Waals surface area contributed by atoms with Crippen LogP contribution in [-0.2, 0) is 16.1 Å². The molecule has 2 heterocycles. The molecular weight excluding hydrogens is 360 g/mol. The van der Waals surface area contributed by atoms with Gasteiger partial charge >= 0.3 is 6.03 Å². The van der Waals surface area contributed by atoms with Gasteiger partial charge in [0, 0.05) is 19.5 Å². The Morgan fingerprint density at radius 1 is 1.38 bits per heavy atom. The van der Waals surface area contributed by atoms with E-state index in [1.54, 1.807) is 30.5 Å². The van der Waals surface area contributed by atoms with Gasteiger partial charge < -0.3 is 15.5 Å². The van der Waals surface area contributed by atoms with Gasteiger partial charge in [0.2, 0.25) is 11.8 Å². The summed E-state index contributed by atoms with van der Waals surface area (Å²) in [5.74, 6) is -0.0321. The molecule has 4 amide bonds. The van der Waals surface area contributed by atoms with Crippen molar-refractivity contribution < 1.29 is 18.8 Å². The predicted octanol–water partition coefficient (Wildman–Crippen LogP) is 0.740. The van der Waals surface area contributed by atoms with E-state index in [1.165, 1.54) is 6.26 Å². The molecule has 0 bridgehead atoms. The molecule has 0 aliphatic heterocycles. The van der Waals surface area contributed by atoms with E-state index in [0.717, 1.165) is 11.8 Å². The SMILES string of the molecule is CCNC(=O)NC(=O)[C@@H](C)Sc1nnc(-c2ccco2)n1CCC(N)=O. The first-order valence-corrected chi connectivity index (χ1v) is 8.81. The number of urea groups is 1. The summed E-state index contributed by atoms with van der Waals surface area (Å²) < 4.78 is 6.99. The van der Waals surface area contributed by atoms with E-state index in [9.17, 15) is 14.4 Å². The summed E-state index contributed by atoms with van der Waals surface area (Å²) in [6.07, 6.45) is 1.58. The van der Waals surface area contributed by atoms with Crippen LogP contribution in [0.5, 0.6) is 0 Å². The van der Waals surface area contributed by atoms with Gasteiger partial charge in [-0.15, -0.1) is 10.2 Å². The minimum atomic E-state index is -0.612. The van der Waals surface area contributed by atoms with E-state index in [0.29, 0.717) is 23.3 Å². The zero-order valence-corrected chi connectivity index (χ0v) is 15.2. The maximum atomic E-state index is 12.1. The number of nitrogens with zero attached hydrogens (tertiary/aromatic N) is 3. The third-order valence-corrected chi connectivity index (χ3v) is 4.35. The number of thioether (sulfide) groups is 1. The monoisotopic (exact) mass is 380 g/mol. The molecule has 2 rings (SSSR count). The highest BCUT2D eigenvalue weighted by Crippen LogP contribution is 2.27. The van der Waals surface area contributed by atoms with Crippen molar-refractivity contribution in [3.05, 3.63) is 18.4 Å². The number of amides is 4. The van der Waals surface area contributed by atoms with Crippen molar-refractivity contribution in [2.45, 2.75) is 37.2 Å². The summed E-state index contributed by atoms with van der Waals surface area (Å²) in [5.41, 5.74) is 5.23. The Balaban J connectivity index is 2.16. The molecule has 0 aliphatic carbocycles. The molecule has 0 aromatic carbocycles. The quantitative estimate of drug-likeness (QED) is 0.573. The van der Waals surface area contributed by atoms with Crippen molar-refractivity contribution in [2.75, 3.05) is 6.54 Å². The number of aromatic nitrogens is 3. The van der Waals surface area contributed by atoms with E-state index >= 15 is 0 Å². The second kappa shape index (κ2) is 9.04. The van der Waals surface area contributed by atoms with Crippen LogP contribution >= 0.6 is 11.8 Å². The summed E-state index contributed by atoms with van der Waals surface area (Å²) in [6, 6.07) is 2.86. The molecule has 4 N–H and O–H groups in total. The highest BCUT2D eigenvalue weighted by Gasteiger charge is 2.23. The average Bonchev–Trinajstić information content (AvgIpc) is 3.22. The fourth-order valence-electron chi connectivity index (χ4n) is 2.02. The van der Waals surface area contributed by atoms with E-state index in [4.69, 9.17) is 10.2 Å². The third-order valence-electron chi connectivity index (χ3n) is 3.27. The van der Waals surface area contributed by atoms with Crippen LogP contribution in [0.1, 0.15) is 20.3 Å². The first-order chi connectivity index (χ1) is 12.4. The summed E-state index contributed by atoms with van der Waals surface area (Å²) in [5, 5.41) is 12.7. The molecule has 0 saturated carbocycles. The van der Waals surface area contributed by atoms with Crippen molar-refractivity contribution >= 4 is 29.6 Å². The minimum absolute atomic E-state index is 0.0821. The second-order valence-electron chi connectivity index (χ2n) is 5.26. The molecule has 140 valence electrons. The maximum Gasteiger partial charge on any atom is 0.321 e. The number of rotatable bonds is 8. The molecule has 10 nitrogen and oxygen atoms in total. The molecule has 0 unspecified atom stereocenters. The largest absolute Gasteiger partial charge is 0.461 e. The number of nitrogens with one attached hydrogen (secondary N) is 2. The topological polar surface area (TPSA) is 145 Å². The van der Waals surface area contributed by atoms with Crippen molar-refractivity contribution in [3.8, 4) is 11.6 Å². The summed E-state index contributed by atoms with van der Waals surface area (Å²) in [6.45, 7) is 4.04. The first kappa shape index (κ1) is 19.5. The highest BCUT2D eigenvalue weighted by atomic mass is 32.2. The Hall–Kier alpha value is -2.82. The first-order valence-electron chi connectivity index (χ1n) is 7.93. The van der Waals surface area contributed by atoms with E-state index in [1.807, 2.05) is 0 Å². The van der Waals surface area contributed by atoms with Gasteiger partial charge in [-0.25, -0.2) is 4.79 Å². The number of primary amides is 1. The molecule has 0 radical (unpaired) electrons. The van der Waals surface area contributed by atoms with Crippen LogP contribution in [0.2, 0.25) is 0 Å². The lowest BCUT2D eigenvalue weighted by Crippen LogP contribution is -2.42. The minimum Gasteiger partial charge on any atom is -0.461 e. The number of hydrogen-bond donors (Lipinski definition) is 3. The van der Waals surface area contributed by atoms with E-state index in [2.05, 4.69) is 20.8 Å². The Morgan fingerprint density at radius 2 is 2.15 bits per heavy atom. The van der Waals surface area contributed by atoms with Crippen LogP contribution in [-0.4, -0.2) is 44.4 Å². The molecule has 11 heteroatoms. The normalized spacial score (nSPS) is 11.8. The lowest BCUT2D eigenvalue weighted by atomic mass is 10.3. The van der Waals surface area contributed by atoms with Crippen LogP contribution in [0.25, 0.3) is 11.6 Å². The maximum absolute atomic E-state index is 12.1. The Morgan fingerprint density at radius 3 is 2.77 bits per heavy atom. The zero-order chi connectivity index (χ0) is 19.1. The second-order valence-corrected chi connectivity index (χ2v) is 6.57. The fourth-order valence-corrected chi connectivity index (χ4v) is 2.89. The summed E-state index contributed by atoms with van der Waals surface area (Å²) >= 11 is 1.11. The standard InChI is InChI=1S/C15H20N6O4S/c1-3-17-14(24)18-13(23)9(2)26-15-20-19-12(10-5-4-8-25-10)21(15)7-6-11(16)22/h4-5,8-9H,3,6-7H2,1-2H3,(H2,16,22)(H2,17,18,23,24)/t9-/m1/s1. The van der Waals surface area contributed by atoms with Crippen LogP contribution in [0.15, 0.2) is 28.0 Å². The van der Waals surface area contributed by atoms with E-state index in [-0.39, 0.29) is 13.0 Å². The number of furan rings is 1. The molecule has 0 saturated heterocycles. The molecule has 1 atom stereocenters. The Bertz CT molecular complexity index is 773. The molecule has 0 aliphatic rings.